The fraction of sp³-hybridized carbons (Fsp3) is 0.625. The summed E-state index contributed by atoms with van der Waals surface area (Å²) in [5.74, 6) is -0.0592. The maximum Gasteiger partial charge on any atom is 0.212 e. The lowest BCUT2D eigenvalue weighted by atomic mass is 10.4. The molecule has 15 heavy (non-hydrogen) atoms. The Labute approximate surface area is 89.0 Å². The second-order valence-electron chi connectivity index (χ2n) is 3.20. The second-order valence-corrected chi connectivity index (χ2v) is 5.12. The first-order valence-electron chi connectivity index (χ1n) is 4.60. The molecule has 0 aliphatic rings. The Morgan fingerprint density at radius 3 is 2.87 bits per heavy atom. The molecule has 0 aliphatic carbocycles. The molecular weight excluding hydrogens is 218 g/mol. The number of rotatable bonds is 6. The van der Waals surface area contributed by atoms with E-state index in [9.17, 15) is 8.42 Å². The van der Waals surface area contributed by atoms with E-state index in [0.717, 1.165) is 0 Å². The van der Waals surface area contributed by atoms with E-state index in [1.54, 1.807) is 24.0 Å². The molecule has 0 unspecified atom stereocenters. The maximum absolute atomic E-state index is 11.3. The third-order valence-electron chi connectivity index (χ3n) is 1.81. The molecule has 7 heteroatoms. The summed E-state index contributed by atoms with van der Waals surface area (Å²) < 4.78 is 26.6. The van der Waals surface area contributed by atoms with Gasteiger partial charge in [0.2, 0.25) is 10.0 Å². The summed E-state index contributed by atoms with van der Waals surface area (Å²) in [7, 11) is -1.52. The molecule has 1 heterocycles. The molecule has 0 aliphatic heterocycles. The Hall–Kier alpha value is -0.920. The fourth-order valence-electron chi connectivity index (χ4n) is 1.07. The first kappa shape index (κ1) is 12.2. The maximum atomic E-state index is 11.3. The molecule has 0 saturated carbocycles. The lowest BCUT2D eigenvalue weighted by Crippen LogP contribution is -2.26. The van der Waals surface area contributed by atoms with Crippen LogP contribution in [0.4, 0.5) is 0 Å². The zero-order chi connectivity index (χ0) is 11.3. The quantitative estimate of drug-likeness (QED) is 0.675. The predicted octanol–water partition coefficient (Wildman–Crippen LogP) is -0.778. The van der Waals surface area contributed by atoms with Crippen molar-refractivity contribution in [1.29, 1.82) is 0 Å². The second kappa shape index (κ2) is 5.24. The van der Waals surface area contributed by atoms with Gasteiger partial charge >= 0.3 is 0 Å². The minimum Gasteiger partial charge on any atom is -0.396 e. The van der Waals surface area contributed by atoms with Gasteiger partial charge in [-0.2, -0.15) is 5.10 Å². The standard InChI is InChI=1S/C8H15N3O3S/c1-11-4-3-8(10-11)7-9-15(13,14)6-2-5-12/h3-4,9,12H,2,5-7H2,1H3. The van der Waals surface area contributed by atoms with Crippen molar-refractivity contribution >= 4 is 10.0 Å². The third-order valence-corrected chi connectivity index (χ3v) is 3.22. The summed E-state index contributed by atoms with van der Waals surface area (Å²) in [6.45, 7) is 0.0686. The van der Waals surface area contributed by atoms with E-state index in [0.29, 0.717) is 5.69 Å². The van der Waals surface area contributed by atoms with Gasteiger partial charge in [-0.3, -0.25) is 4.68 Å². The third kappa shape index (κ3) is 4.41. The van der Waals surface area contributed by atoms with E-state index in [1.807, 2.05) is 0 Å². The molecule has 0 bridgehead atoms. The number of sulfonamides is 1. The highest BCUT2D eigenvalue weighted by atomic mass is 32.2. The van der Waals surface area contributed by atoms with Crippen LogP contribution in [0, 0.1) is 0 Å². The summed E-state index contributed by atoms with van der Waals surface area (Å²) in [6, 6.07) is 1.74. The van der Waals surface area contributed by atoms with Crippen LogP contribution in [0.3, 0.4) is 0 Å². The smallest absolute Gasteiger partial charge is 0.212 e. The van der Waals surface area contributed by atoms with Crippen LogP contribution < -0.4 is 4.72 Å². The highest BCUT2D eigenvalue weighted by molar-refractivity contribution is 7.89. The first-order chi connectivity index (χ1) is 7.03. The molecule has 0 saturated heterocycles. The van der Waals surface area contributed by atoms with Gasteiger partial charge in [0.15, 0.2) is 0 Å². The number of aliphatic hydroxyl groups excluding tert-OH is 1. The number of hydrogen-bond donors (Lipinski definition) is 2. The minimum atomic E-state index is -3.29. The van der Waals surface area contributed by atoms with E-state index < -0.39 is 10.0 Å². The molecule has 0 amide bonds. The summed E-state index contributed by atoms with van der Waals surface area (Å²) >= 11 is 0. The highest BCUT2D eigenvalue weighted by Crippen LogP contribution is 1.96. The van der Waals surface area contributed by atoms with Gasteiger partial charge in [0.05, 0.1) is 18.0 Å². The summed E-state index contributed by atoms with van der Waals surface area (Å²) in [6.07, 6.45) is 1.99. The van der Waals surface area contributed by atoms with Crippen LogP contribution in [0.1, 0.15) is 12.1 Å². The van der Waals surface area contributed by atoms with Crippen molar-refractivity contribution in [3.8, 4) is 0 Å². The number of aryl methyl sites for hydroxylation is 1. The number of aliphatic hydroxyl groups is 1. The number of nitrogens with one attached hydrogen (secondary N) is 1. The zero-order valence-electron chi connectivity index (χ0n) is 8.55. The Morgan fingerprint density at radius 1 is 1.60 bits per heavy atom. The molecule has 86 valence electrons. The van der Waals surface area contributed by atoms with Crippen LogP contribution in [0.15, 0.2) is 12.3 Å². The average molecular weight is 233 g/mol. The van der Waals surface area contributed by atoms with Gasteiger partial charge in [0, 0.05) is 19.9 Å². The van der Waals surface area contributed by atoms with Crippen LogP contribution >= 0.6 is 0 Å². The van der Waals surface area contributed by atoms with Crippen LogP contribution in [0.2, 0.25) is 0 Å². The van der Waals surface area contributed by atoms with Crippen LogP contribution in [-0.4, -0.2) is 35.7 Å². The van der Waals surface area contributed by atoms with Crippen LogP contribution in [-0.2, 0) is 23.6 Å². The van der Waals surface area contributed by atoms with E-state index in [4.69, 9.17) is 5.11 Å². The molecule has 0 atom stereocenters. The molecule has 0 aromatic carbocycles. The van der Waals surface area contributed by atoms with Crippen LogP contribution in [0.5, 0.6) is 0 Å². The zero-order valence-corrected chi connectivity index (χ0v) is 9.37. The van der Waals surface area contributed by atoms with E-state index >= 15 is 0 Å². The molecule has 6 nitrogen and oxygen atoms in total. The van der Waals surface area contributed by atoms with Crippen molar-refractivity contribution in [2.24, 2.45) is 7.05 Å². The van der Waals surface area contributed by atoms with Gasteiger partial charge < -0.3 is 5.11 Å². The Morgan fingerprint density at radius 2 is 2.33 bits per heavy atom. The van der Waals surface area contributed by atoms with Gasteiger partial charge in [-0.25, -0.2) is 13.1 Å². The number of hydrogen-bond acceptors (Lipinski definition) is 4. The van der Waals surface area contributed by atoms with Gasteiger partial charge in [-0.15, -0.1) is 0 Å². The molecule has 1 aromatic rings. The number of nitrogens with zero attached hydrogens (tertiary/aromatic N) is 2. The summed E-state index contributed by atoms with van der Waals surface area (Å²) in [5.41, 5.74) is 0.671. The van der Waals surface area contributed by atoms with Crippen molar-refractivity contribution in [1.82, 2.24) is 14.5 Å². The first-order valence-corrected chi connectivity index (χ1v) is 6.25. The van der Waals surface area contributed by atoms with Crippen molar-refractivity contribution in [2.75, 3.05) is 12.4 Å². The summed E-state index contributed by atoms with van der Waals surface area (Å²) in [4.78, 5) is 0. The SMILES string of the molecule is Cn1ccc(CNS(=O)(=O)CCCO)n1. The van der Waals surface area contributed by atoms with Gasteiger partial charge in [-0.1, -0.05) is 0 Å². The van der Waals surface area contributed by atoms with Crippen LogP contribution in [0.25, 0.3) is 0 Å². The highest BCUT2D eigenvalue weighted by Gasteiger charge is 2.09. The van der Waals surface area contributed by atoms with Crippen molar-refractivity contribution in [2.45, 2.75) is 13.0 Å². The predicted molar refractivity (Wildman–Crippen MR) is 55.5 cm³/mol. The normalized spacial score (nSPS) is 11.9. The van der Waals surface area contributed by atoms with Crippen molar-refractivity contribution in [3.05, 3.63) is 18.0 Å². The molecule has 0 spiro atoms. The average Bonchev–Trinajstić information content (AvgIpc) is 2.59. The Balaban J connectivity index is 2.42. The lowest BCUT2D eigenvalue weighted by Gasteiger charge is -2.03. The summed E-state index contributed by atoms with van der Waals surface area (Å²) in [5, 5.41) is 12.5. The molecule has 1 aromatic heterocycles. The fourth-order valence-corrected chi connectivity index (χ4v) is 2.09. The van der Waals surface area contributed by atoms with Crippen molar-refractivity contribution < 1.29 is 13.5 Å². The van der Waals surface area contributed by atoms with Gasteiger partial charge in [0.25, 0.3) is 0 Å². The molecule has 1 rings (SSSR count). The Bertz CT molecular complexity index is 399. The topological polar surface area (TPSA) is 84.2 Å². The lowest BCUT2D eigenvalue weighted by molar-refractivity contribution is 0.295. The van der Waals surface area contributed by atoms with Gasteiger partial charge in [0.1, 0.15) is 0 Å². The minimum absolute atomic E-state index is 0.0592. The molecule has 0 radical (unpaired) electrons. The van der Waals surface area contributed by atoms with E-state index in [1.165, 1.54) is 0 Å². The number of aromatic nitrogens is 2. The molecule has 0 fully saturated rings. The van der Waals surface area contributed by atoms with Gasteiger partial charge in [-0.05, 0) is 12.5 Å². The van der Waals surface area contributed by atoms with Crippen molar-refractivity contribution in [3.63, 3.8) is 0 Å². The molecular formula is C8H15N3O3S. The largest absolute Gasteiger partial charge is 0.396 e. The monoisotopic (exact) mass is 233 g/mol. The molecule has 2 N–H and O–H groups in total. The Kier molecular flexibility index (Phi) is 4.25. The van der Waals surface area contributed by atoms with E-state index in [2.05, 4.69) is 9.82 Å². The van der Waals surface area contributed by atoms with E-state index in [-0.39, 0.29) is 25.3 Å².